The Morgan fingerprint density at radius 1 is 1.32 bits per heavy atom. The molecule has 1 aromatic rings. The third kappa shape index (κ3) is 3.29. The van der Waals surface area contributed by atoms with Gasteiger partial charge >= 0.3 is 0 Å². The number of carbonyl (C=O) groups is 2. The summed E-state index contributed by atoms with van der Waals surface area (Å²) in [6.45, 7) is 4.45. The monoisotopic (exact) mass is 341 g/mol. The topological polar surface area (TPSA) is 53.5 Å². The average molecular weight is 341 g/mol. The van der Waals surface area contributed by atoms with E-state index in [4.69, 9.17) is 0 Å². The lowest BCUT2D eigenvalue weighted by Gasteiger charge is -2.47. The number of hydrogen-bond acceptors (Lipinski definition) is 3. The minimum absolute atomic E-state index is 0.0873. The number of rotatable bonds is 4. The molecule has 0 bridgehead atoms. The molecule has 0 unspecified atom stereocenters. The largest absolute Gasteiger partial charge is 0.342 e. The molecule has 5 nitrogen and oxygen atoms in total. The number of nitrogens with zero attached hydrogens (tertiary/aromatic N) is 3. The molecule has 5 heteroatoms. The van der Waals surface area contributed by atoms with E-state index in [1.807, 2.05) is 18.2 Å². The van der Waals surface area contributed by atoms with Crippen LogP contribution in [0.4, 0.5) is 0 Å². The van der Waals surface area contributed by atoms with Crippen molar-refractivity contribution in [3.63, 3.8) is 0 Å². The molecule has 0 radical (unpaired) electrons. The van der Waals surface area contributed by atoms with Gasteiger partial charge in [-0.05, 0) is 43.7 Å². The molecule has 134 valence electrons. The number of fused-ring (bicyclic) bond motifs is 1. The molecule has 1 aromatic heterocycles. The fourth-order valence-electron chi connectivity index (χ4n) is 4.39. The van der Waals surface area contributed by atoms with Gasteiger partial charge < -0.3 is 9.80 Å². The van der Waals surface area contributed by atoms with Crippen molar-refractivity contribution in [1.82, 2.24) is 14.8 Å². The van der Waals surface area contributed by atoms with E-state index < -0.39 is 0 Å². The summed E-state index contributed by atoms with van der Waals surface area (Å²) < 4.78 is 0. The number of aromatic nitrogens is 1. The molecule has 2 saturated heterocycles. The van der Waals surface area contributed by atoms with Crippen LogP contribution in [0.2, 0.25) is 0 Å². The predicted octanol–water partition coefficient (Wildman–Crippen LogP) is 2.26. The fraction of sp³-hybridized carbons (Fsp3) is 0.650. The van der Waals surface area contributed by atoms with Gasteiger partial charge in [-0.25, -0.2) is 0 Å². The number of carbonyl (C=O) groups excluding carboxylic acids is 2. The Morgan fingerprint density at radius 3 is 2.88 bits per heavy atom. The second-order valence-corrected chi connectivity index (χ2v) is 8.12. The van der Waals surface area contributed by atoms with E-state index in [1.165, 1.54) is 0 Å². The van der Waals surface area contributed by atoms with Crippen molar-refractivity contribution >= 4 is 11.8 Å². The number of likely N-dealkylation sites (tertiary alicyclic amines) is 2. The van der Waals surface area contributed by atoms with Gasteiger partial charge in [-0.3, -0.25) is 14.6 Å². The summed E-state index contributed by atoms with van der Waals surface area (Å²) in [6, 6.07) is 6.22. The molecule has 3 aliphatic rings. The first-order valence-corrected chi connectivity index (χ1v) is 9.56. The molecule has 2 amide bonds. The summed E-state index contributed by atoms with van der Waals surface area (Å²) in [4.78, 5) is 33.6. The minimum atomic E-state index is -0.0873. The Labute approximate surface area is 149 Å². The Balaban J connectivity index is 1.40. The molecule has 3 fully saturated rings. The molecular formula is C20H27N3O2. The van der Waals surface area contributed by atoms with Gasteiger partial charge in [0, 0.05) is 55.8 Å². The molecular weight excluding hydrogens is 314 g/mol. The van der Waals surface area contributed by atoms with Crippen LogP contribution in [0.25, 0.3) is 0 Å². The second kappa shape index (κ2) is 6.43. The molecule has 4 rings (SSSR count). The Hall–Kier alpha value is -1.91. The number of pyridine rings is 1. The SMILES string of the molecule is CC1(C(=O)N2CC[C@@H]3[C@@H](CCC(=O)N3CCc3ccccn3)C2)CC1. The maximum atomic E-state index is 12.7. The molecule has 2 aliphatic heterocycles. The van der Waals surface area contributed by atoms with E-state index in [9.17, 15) is 9.59 Å². The van der Waals surface area contributed by atoms with Crippen LogP contribution in [0.15, 0.2) is 24.4 Å². The first-order chi connectivity index (χ1) is 12.1. The van der Waals surface area contributed by atoms with Gasteiger partial charge in [0.05, 0.1) is 0 Å². The number of amides is 2. The van der Waals surface area contributed by atoms with Crippen molar-refractivity contribution in [3.05, 3.63) is 30.1 Å². The number of hydrogen-bond donors (Lipinski definition) is 0. The fourth-order valence-corrected chi connectivity index (χ4v) is 4.39. The van der Waals surface area contributed by atoms with Crippen LogP contribution in [0, 0.1) is 11.3 Å². The van der Waals surface area contributed by atoms with Crippen LogP contribution >= 0.6 is 0 Å². The van der Waals surface area contributed by atoms with Crippen molar-refractivity contribution in [2.45, 2.75) is 51.5 Å². The average Bonchev–Trinajstić information content (AvgIpc) is 3.39. The molecule has 0 aromatic carbocycles. The third-order valence-electron chi connectivity index (χ3n) is 6.28. The van der Waals surface area contributed by atoms with Gasteiger partial charge in [-0.1, -0.05) is 13.0 Å². The summed E-state index contributed by atoms with van der Waals surface area (Å²) in [5.41, 5.74) is 0.947. The summed E-state index contributed by atoms with van der Waals surface area (Å²) in [6.07, 6.45) is 7.12. The third-order valence-corrected chi connectivity index (χ3v) is 6.28. The van der Waals surface area contributed by atoms with Crippen LogP contribution < -0.4 is 0 Å². The Bertz CT molecular complexity index is 656. The highest BCUT2D eigenvalue weighted by molar-refractivity contribution is 5.85. The first kappa shape index (κ1) is 16.6. The highest BCUT2D eigenvalue weighted by Gasteiger charge is 2.49. The molecule has 2 atom stereocenters. The first-order valence-electron chi connectivity index (χ1n) is 9.56. The van der Waals surface area contributed by atoms with Crippen molar-refractivity contribution in [3.8, 4) is 0 Å². The predicted molar refractivity (Wildman–Crippen MR) is 94.7 cm³/mol. The second-order valence-electron chi connectivity index (χ2n) is 8.12. The highest BCUT2D eigenvalue weighted by atomic mass is 16.2. The zero-order chi connectivity index (χ0) is 17.4. The quantitative estimate of drug-likeness (QED) is 0.844. The van der Waals surface area contributed by atoms with E-state index in [1.54, 1.807) is 6.20 Å². The van der Waals surface area contributed by atoms with Gasteiger partial charge in [0.1, 0.15) is 0 Å². The van der Waals surface area contributed by atoms with E-state index in [-0.39, 0.29) is 11.3 Å². The van der Waals surface area contributed by atoms with Gasteiger partial charge in [-0.2, -0.15) is 0 Å². The smallest absolute Gasteiger partial charge is 0.228 e. The highest BCUT2D eigenvalue weighted by Crippen LogP contribution is 2.47. The molecule has 1 saturated carbocycles. The summed E-state index contributed by atoms with van der Waals surface area (Å²) in [5, 5.41) is 0. The molecule has 0 spiro atoms. The Morgan fingerprint density at radius 2 is 2.16 bits per heavy atom. The summed E-state index contributed by atoms with van der Waals surface area (Å²) in [5.74, 6) is 1.04. The minimum Gasteiger partial charge on any atom is -0.342 e. The van der Waals surface area contributed by atoms with Crippen LogP contribution in [0.3, 0.4) is 0 Å². The van der Waals surface area contributed by atoms with Gasteiger partial charge in [-0.15, -0.1) is 0 Å². The molecule has 25 heavy (non-hydrogen) atoms. The lowest BCUT2D eigenvalue weighted by atomic mass is 9.83. The standard InChI is InChI=1S/C20H27N3O2/c1-20(9-10-20)19(25)22-12-8-17-15(14-22)5-6-18(24)23(17)13-7-16-4-2-3-11-21-16/h2-4,11,15,17H,5-10,12-14H2,1H3/t15-,17+/m0/s1. The van der Waals surface area contributed by atoms with Gasteiger partial charge in [0.2, 0.25) is 11.8 Å². The van der Waals surface area contributed by atoms with Crippen LogP contribution in [-0.4, -0.2) is 52.3 Å². The van der Waals surface area contributed by atoms with Crippen molar-refractivity contribution in [2.24, 2.45) is 11.3 Å². The zero-order valence-electron chi connectivity index (χ0n) is 15.0. The van der Waals surface area contributed by atoms with Crippen LogP contribution in [-0.2, 0) is 16.0 Å². The van der Waals surface area contributed by atoms with Crippen LogP contribution in [0.5, 0.6) is 0 Å². The summed E-state index contributed by atoms with van der Waals surface area (Å²) >= 11 is 0. The van der Waals surface area contributed by atoms with E-state index in [2.05, 4.69) is 21.7 Å². The van der Waals surface area contributed by atoms with Gasteiger partial charge in [0.25, 0.3) is 0 Å². The molecule has 0 N–H and O–H groups in total. The Kier molecular flexibility index (Phi) is 4.26. The maximum absolute atomic E-state index is 12.7. The summed E-state index contributed by atoms with van der Waals surface area (Å²) in [7, 11) is 0. The molecule has 3 heterocycles. The van der Waals surface area contributed by atoms with Crippen molar-refractivity contribution < 1.29 is 9.59 Å². The van der Waals surface area contributed by atoms with Crippen LogP contribution in [0.1, 0.15) is 44.7 Å². The van der Waals surface area contributed by atoms with E-state index in [0.29, 0.717) is 24.3 Å². The normalized spacial score (nSPS) is 27.8. The zero-order valence-corrected chi connectivity index (χ0v) is 15.0. The van der Waals surface area contributed by atoms with E-state index >= 15 is 0 Å². The maximum Gasteiger partial charge on any atom is 0.228 e. The number of piperidine rings is 2. The van der Waals surface area contributed by atoms with Crippen molar-refractivity contribution in [2.75, 3.05) is 19.6 Å². The van der Waals surface area contributed by atoms with Gasteiger partial charge in [0.15, 0.2) is 0 Å². The molecule has 1 aliphatic carbocycles. The van der Waals surface area contributed by atoms with E-state index in [0.717, 1.165) is 57.4 Å². The lowest BCUT2D eigenvalue weighted by Crippen LogP contribution is -2.57. The lowest BCUT2D eigenvalue weighted by molar-refractivity contribution is -0.146. The van der Waals surface area contributed by atoms with Crippen molar-refractivity contribution in [1.29, 1.82) is 0 Å².